The molecule has 0 bridgehead atoms. The highest BCUT2D eigenvalue weighted by atomic mass is 16.4. The Balaban J connectivity index is 1.83. The van der Waals surface area contributed by atoms with E-state index in [0.717, 1.165) is 12.3 Å². The van der Waals surface area contributed by atoms with Gasteiger partial charge in [-0.25, -0.2) is 0 Å². The maximum atomic E-state index is 10.4. The minimum absolute atomic E-state index is 0.0327. The molecule has 0 saturated heterocycles. The molecule has 2 rings (SSSR count). The number of carboxylic acids is 1. The Kier molecular flexibility index (Phi) is 1.22. The lowest BCUT2D eigenvalue weighted by Gasteiger charge is -2.25. The Bertz CT molecular complexity index is 161. The van der Waals surface area contributed by atoms with Crippen molar-refractivity contribution in [1.29, 1.82) is 0 Å². The van der Waals surface area contributed by atoms with Crippen LogP contribution in [0.3, 0.4) is 0 Å². The highest BCUT2D eigenvalue weighted by molar-refractivity contribution is 5.73. The third kappa shape index (κ3) is 0.825. The second-order valence-corrected chi connectivity index (χ2v) is 3.54. The van der Waals surface area contributed by atoms with Crippen LogP contribution in [0.5, 0.6) is 0 Å². The maximum absolute atomic E-state index is 10.4. The summed E-state index contributed by atoms with van der Waals surface area (Å²) in [6.07, 6.45) is 4.86. The van der Waals surface area contributed by atoms with Crippen LogP contribution in [0.2, 0.25) is 0 Å². The van der Waals surface area contributed by atoms with Gasteiger partial charge in [0, 0.05) is 0 Å². The van der Waals surface area contributed by atoms with Gasteiger partial charge in [-0.2, -0.15) is 0 Å². The lowest BCUT2D eigenvalue weighted by molar-refractivity contribution is -0.139. The van der Waals surface area contributed by atoms with Gasteiger partial charge in [-0.1, -0.05) is 19.3 Å². The molecule has 0 aromatic carbocycles. The molecular weight excluding hydrogens is 128 g/mol. The number of hydrogen-bond acceptors (Lipinski definition) is 1. The van der Waals surface area contributed by atoms with Crippen LogP contribution in [0.1, 0.15) is 25.7 Å². The third-order valence-corrected chi connectivity index (χ3v) is 2.91. The molecule has 2 fully saturated rings. The molecule has 0 aromatic rings. The molecule has 0 heterocycles. The second-order valence-electron chi connectivity index (χ2n) is 3.54. The van der Waals surface area contributed by atoms with Crippen molar-refractivity contribution in [2.75, 3.05) is 0 Å². The average molecular weight is 140 g/mol. The molecular formula is C8H12O2. The van der Waals surface area contributed by atoms with Crippen LogP contribution in [0.25, 0.3) is 0 Å². The van der Waals surface area contributed by atoms with Gasteiger partial charge in [0.2, 0.25) is 0 Å². The van der Waals surface area contributed by atoms with Crippen molar-refractivity contribution in [2.45, 2.75) is 25.7 Å². The summed E-state index contributed by atoms with van der Waals surface area (Å²) in [6.45, 7) is 0. The monoisotopic (exact) mass is 140 g/mol. The Morgan fingerprint density at radius 3 is 2.40 bits per heavy atom. The van der Waals surface area contributed by atoms with E-state index in [4.69, 9.17) is 5.11 Å². The highest BCUT2D eigenvalue weighted by Crippen LogP contribution is 2.51. The first-order valence-electron chi connectivity index (χ1n) is 4.02. The largest absolute Gasteiger partial charge is 0.481 e. The minimum Gasteiger partial charge on any atom is -0.481 e. The molecule has 2 aliphatic rings. The molecule has 2 aliphatic carbocycles. The van der Waals surface area contributed by atoms with Gasteiger partial charge in [0.15, 0.2) is 0 Å². The van der Waals surface area contributed by atoms with E-state index in [9.17, 15) is 4.79 Å². The van der Waals surface area contributed by atoms with Crippen molar-refractivity contribution < 1.29 is 9.90 Å². The second kappa shape index (κ2) is 1.97. The van der Waals surface area contributed by atoms with Gasteiger partial charge in [-0.3, -0.25) is 4.79 Å². The van der Waals surface area contributed by atoms with E-state index >= 15 is 0 Å². The van der Waals surface area contributed by atoms with E-state index in [1.165, 1.54) is 19.3 Å². The molecule has 2 saturated carbocycles. The van der Waals surface area contributed by atoms with Gasteiger partial charge in [-0.15, -0.1) is 0 Å². The van der Waals surface area contributed by atoms with Crippen molar-refractivity contribution in [1.82, 2.24) is 0 Å². The van der Waals surface area contributed by atoms with Gasteiger partial charge in [-0.05, 0) is 18.3 Å². The topological polar surface area (TPSA) is 37.3 Å². The first-order valence-corrected chi connectivity index (χ1v) is 4.02. The van der Waals surface area contributed by atoms with E-state index in [-0.39, 0.29) is 5.92 Å². The molecule has 0 radical (unpaired) electrons. The van der Waals surface area contributed by atoms with E-state index in [0.29, 0.717) is 5.92 Å². The lowest BCUT2D eigenvalue weighted by atomic mass is 9.81. The quantitative estimate of drug-likeness (QED) is 0.631. The number of aliphatic carboxylic acids is 1. The maximum Gasteiger partial charge on any atom is 0.306 e. The molecule has 1 N–H and O–H groups in total. The molecule has 0 unspecified atom stereocenters. The fraction of sp³-hybridized carbons (Fsp3) is 0.875. The predicted molar refractivity (Wildman–Crippen MR) is 36.6 cm³/mol. The number of carboxylic acid groups (broad SMARTS) is 1. The Morgan fingerprint density at radius 2 is 2.10 bits per heavy atom. The molecule has 2 atom stereocenters. The van der Waals surface area contributed by atoms with Crippen molar-refractivity contribution in [3.05, 3.63) is 0 Å². The summed E-state index contributed by atoms with van der Waals surface area (Å²) < 4.78 is 0. The van der Waals surface area contributed by atoms with Gasteiger partial charge < -0.3 is 5.11 Å². The van der Waals surface area contributed by atoms with Crippen LogP contribution < -0.4 is 0 Å². The fourth-order valence-corrected chi connectivity index (χ4v) is 1.89. The molecule has 0 aromatic heterocycles. The summed E-state index contributed by atoms with van der Waals surface area (Å²) in [6, 6.07) is 0. The van der Waals surface area contributed by atoms with Crippen LogP contribution >= 0.6 is 0 Å². The number of hydrogen-bond donors (Lipinski definition) is 1. The lowest BCUT2D eigenvalue weighted by Crippen LogP contribution is -2.15. The standard InChI is InChI=1S/C8H12O2/c9-8(10)7-4-6(7)5-2-1-3-5/h5-7H,1-4H2,(H,9,10)/t6-,7-/m0/s1. The van der Waals surface area contributed by atoms with Gasteiger partial charge in [0.25, 0.3) is 0 Å². The first-order chi connectivity index (χ1) is 4.79. The van der Waals surface area contributed by atoms with Crippen LogP contribution in [0.4, 0.5) is 0 Å². The van der Waals surface area contributed by atoms with Crippen LogP contribution in [0.15, 0.2) is 0 Å². The molecule has 0 aliphatic heterocycles. The smallest absolute Gasteiger partial charge is 0.306 e. The Hall–Kier alpha value is -0.530. The third-order valence-electron chi connectivity index (χ3n) is 2.91. The van der Waals surface area contributed by atoms with E-state index in [1.54, 1.807) is 0 Å². The van der Waals surface area contributed by atoms with Crippen molar-refractivity contribution >= 4 is 5.97 Å². The minimum atomic E-state index is -0.572. The fourth-order valence-electron chi connectivity index (χ4n) is 1.89. The zero-order valence-corrected chi connectivity index (χ0v) is 5.92. The molecule has 0 spiro atoms. The van der Waals surface area contributed by atoms with Crippen molar-refractivity contribution in [2.24, 2.45) is 17.8 Å². The summed E-state index contributed by atoms with van der Waals surface area (Å²) in [5.41, 5.74) is 0. The average Bonchev–Trinajstić information content (AvgIpc) is 2.40. The molecule has 0 amide bonds. The summed E-state index contributed by atoms with van der Waals surface area (Å²) in [5, 5.41) is 8.59. The Labute approximate surface area is 60.2 Å². The number of carbonyl (C=O) groups is 1. The molecule has 10 heavy (non-hydrogen) atoms. The van der Waals surface area contributed by atoms with Gasteiger partial charge >= 0.3 is 5.97 Å². The van der Waals surface area contributed by atoms with E-state index < -0.39 is 5.97 Å². The molecule has 2 nitrogen and oxygen atoms in total. The summed E-state index contributed by atoms with van der Waals surface area (Å²) in [7, 11) is 0. The van der Waals surface area contributed by atoms with Crippen LogP contribution in [0, 0.1) is 17.8 Å². The predicted octanol–water partition coefficient (Wildman–Crippen LogP) is 1.51. The highest BCUT2D eigenvalue weighted by Gasteiger charge is 2.48. The first kappa shape index (κ1) is 6.20. The van der Waals surface area contributed by atoms with Crippen molar-refractivity contribution in [3.8, 4) is 0 Å². The summed E-state index contributed by atoms with van der Waals surface area (Å²) in [5.74, 6) is 0.801. The zero-order valence-electron chi connectivity index (χ0n) is 5.92. The van der Waals surface area contributed by atoms with Crippen LogP contribution in [-0.4, -0.2) is 11.1 Å². The van der Waals surface area contributed by atoms with Crippen LogP contribution in [-0.2, 0) is 4.79 Å². The normalized spacial score (nSPS) is 38.8. The summed E-state index contributed by atoms with van der Waals surface area (Å²) >= 11 is 0. The number of rotatable bonds is 2. The van der Waals surface area contributed by atoms with Gasteiger partial charge in [0.05, 0.1) is 5.92 Å². The summed E-state index contributed by atoms with van der Waals surface area (Å²) in [4.78, 5) is 10.4. The molecule has 2 heteroatoms. The Morgan fingerprint density at radius 1 is 1.40 bits per heavy atom. The van der Waals surface area contributed by atoms with Gasteiger partial charge in [0.1, 0.15) is 0 Å². The van der Waals surface area contributed by atoms with E-state index in [1.807, 2.05) is 0 Å². The van der Waals surface area contributed by atoms with Crippen molar-refractivity contribution in [3.63, 3.8) is 0 Å². The zero-order chi connectivity index (χ0) is 7.14. The molecule has 56 valence electrons. The SMILES string of the molecule is O=C(O)[C@H]1C[C@H]1C1CCC1. The van der Waals surface area contributed by atoms with E-state index in [2.05, 4.69) is 0 Å².